The standard InChI is InChI=1S/C40H82O2S2/c1-34(2)16-8-18-36(5)20-10-22-38(7)40(27-31-42-30-15-33-44)26-12-24-39(25-13-28-41-29-14-32-43)23-11-21-37(6)19-9-17-35(3)4/h34-40,43-44H,8-33H2,1-7H3. The number of hydrogen-bond donors (Lipinski definition) is 2. The van der Waals surface area contributed by atoms with Crippen molar-refractivity contribution in [2.24, 2.45) is 41.4 Å². The number of rotatable bonds is 34. The van der Waals surface area contributed by atoms with Gasteiger partial charge in [-0.25, -0.2) is 0 Å². The van der Waals surface area contributed by atoms with Gasteiger partial charge in [-0.05, 0) is 85.0 Å². The van der Waals surface area contributed by atoms with Crippen molar-refractivity contribution in [1.29, 1.82) is 0 Å². The van der Waals surface area contributed by atoms with Crippen LogP contribution in [0.1, 0.15) is 177 Å². The summed E-state index contributed by atoms with van der Waals surface area (Å²) in [6, 6.07) is 0. The van der Waals surface area contributed by atoms with Crippen molar-refractivity contribution in [3.05, 3.63) is 0 Å². The normalized spacial score (nSPS) is 15.6. The lowest BCUT2D eigenvalue weighted by molar-refractivity contribution is 0.107. The first kappa shape index (κ1) is 44.6. The Balaban J connectivity index is 4.82. The Kier molecular flexibility index (Phi) is 32.6. The molecule has 0 bridgehead atoms. The summed E-state index contributed by atoms with van der Waals surface area (Å²) in [6.45, 7) is 20.5. The molecule has 0 aliphatic carbocycles. The average molecular weight is 659 g/mol. The highest BCUT2D eigenvalue weighted by atomic mass is 32.1. The molecule has 0 aromatic rings. The monoisotopic (exact) mass is 659 g/mol. The first-order valence-corrected chi connectivity index (χ1v) is 20.8. The quantitative estimate of drug-likeness (QED) is 0.0529. The SMILES string of the molecule is CC(C)CCCC(C)CCCC(CCCOCCCS)CCCC(CCOCCCS)C(C)CCCC(C)CCCC(C)C. The van der Waals surface area contributed by atoms with E-state index in [0.717, 1.165) is 92.2 Å². The summed E-state index contributed by atoms with van der Waals surface area (Å²) < 4.78 is 11.9. The highest BCUT2D eigenvalue weighted by molar-refractivity contribution is 7.80. The molecule has 5 unspecified atom stereocenters. The highest BCUT2D eigenvalue weighted by Crippen LogP contribution is 2.31. The fourth-order valence-electron chi connectivity index (χ4n) is 6.88. The third kappa shape index (κ3) is 30.0. The van der Waals surface area contributed by atoms with Crippen LogP contribution >= 0.6 is 25.3 Å². The van der Waals surface area contributed by atoms with E-state index in [9.17, 15) is 0 Å². The molecule has 0 aromatic heterocycles. The second-order valence-corrected chi connectivity index (χ2v) is 16.5. The van der Waals surface area contributed by atoms with Gasteiger partial charge in [0, 0.05) is 26.4 Å². The van der Waals surface area contributed by atoms with Gasteiger partial charge in [0.15, 0.2) is 0 Å². The molecule has 0 saturated heterocycles. The van der Waals surface area contributed by atoms with E-state index < -0.39 is 0 Å². The molecule has 0 aliphatic rings. The van der Waals surface area contributed by atoms with Crippen molar-refractivity contribution in [2.75, 3.05) is 37.9 Å². The zero-order valence-electron chi connectivity index (χ0n) is 31.1. The fourth-order valence-corrected chi connectivity index (χ4v) is 7.14. The van der Waals surface area contributed by atoms with E-state index in [1.54, 1.807) is 0 Å². The van der Waals surface area contributed by atoms with Gasteiger partial charge in [0.1, 0.15) is 0 Å². The molecule has 2 nitrogen and oxygen atoms in total. The molecule has 0 rings (SSSR count). The molecule has 0 radical (unpaired) electrons. The lowest BCUT2D eigenvalue weighted by atomic mass is 9.81. The van der Waals surface area contributed by atoms with Crippen LogP contribution in [0.5, 0.6) is 0 Å². The molecule has 4 heteroatoms. The summed E-state index contributed by atoms with van der Waals surface area (Å²) in [5, 5.41) is 0. The van der Waals surface area contributed by atoms with E-state index in [1.807, 2.05) is 0 Å². The van der Waals surface area contributed by atoms with Gasteiger partial charge in [0.25, 0.3) is 0 Å². The van der Waals surface area contributed by atoms with Crippen molar-refractivity contribution in [3.8, 4) is 0 Å². The Labute approximate surface area is 290 Å². The Morgan fingerprint density at radius 2 is 0.795 bits per heavy atom. The van der Waals surface area contributed by atoms with Gasteiger partial charge in [0.05, 0.1) is 0 Å². The van der Waals surface area contributed by atoms with Crippen LogP contribution < -0.4 is 0 Å². The zero-order valence-corrected chi connectivity index (χ0v) is 32.9. The van der Waals surface area contributed by atoms with E-state index in [-0.39, 0.29) is 0 Å². The molecule has 266 valence electrons. The molecule has 44 heavy (non-hydrogen) atoms. The predicted octanol–water partition coefficient (Wildman–Crippen LogP) is 13.1. The maximum Gasteiger partial charge on any atom is 0.0473 e. The van der Waals surface area contributed by atoms with Crippen LogP contribution in [0, 0.1) is 41.4 Å². The van der Waals surface area contributed by atoms with Crippen molar-refractivity contribution in [1.82, 2.24) is 0 Å². The van der Waals surface area contributed by atoms with Crippen molar-refractivity contribution in [3.63, 3.8) is 0 Å². The van der Waals surface area contributed by atoms with E-state index in [2.05, 4.69) is 73.7 Å². The molecular weight excluding hydrogens is 577 g/mol. The minimum atomic E-state index is 0.799. The third-order valence-electron chi connectivity index (χ3n) is 10.0. The molecular formula is C40H82O2S2. The summed E-state index contributed by atoms with van der Waals surface area (Å²) >= 11 is 8.68. The van der Waals surface area contributed by atoms with Gasteiger partial charge in [-0.1, -0.05) is 145 Å². The Morgan fingerprint density at radius 3 is 1.30 bits per heavy atom. The second kappa shape index (κ2) is 32.2. The van der Waals surface area contributed by atoms with Crippen LogP contribution in [0.25, 0.3) is 0 Å². The lowest BCUT2D eigenvalue weighted by Gasteiger charge is -2.26. The van der Waals surface area contributed by atoms with Gasteiger partial charge in [-0.2, -0.15) is 25.3 Å². The van der Waals surface area contributed by atoms with Crippen LogP contribution in [0.4, 0.5) is 0 Å². The van der Waals surface area contributed by atoms with E-state index in [1.165, 1.54) is 116 Å². The Hall–Kier alpha value is 0.620. The first-order chi connectivity index (χ1) is 21.2. The van der Waals surface area contributed by atoms with Crippen LogP contribution in [0.3, 0.4) is 0 Å². The van der Waals surface area contributed by atoms with Crippen LogP contribution in [0.2, 0.25) is 0 Å². The fraction of sp³-hybridized carbons (Fsp3) is 1.00. The van der Waals surface area contributed by atoms with E-state index in [4.69, 9.17) is 9.47 Å². The maximum atomic E-state index is 6.03. The highest BCUT2D eigenvalue weighted by Gasteiger charge is 2.19. The molecule has 0 aliphatic heterocycles. The molecule has 0 heterocycles. The smallest absolute Gasteiger partial charge is 0.0473 e. The molecule has 0 aromatic carbocycles. The molecule has 5 atom stereocenters. The largest absolute Gasteiger partial charge is 0.381 e. The minimum Gasteiger partial charge on any atom is -0.381 e. The minimum absolute atomic E-state index is 0.799. The van der Waals surface area contributed by atoms with Gasteiger partial charge in [0.2, 0.25) is 0 Å². The average Bonchev–Trinajstić information content (AvgIpc) is 2.97. The van der Waals surface area contributed by atoms with Crippen LogP contribution in [0.15, 0.2) is 0 Å². The van der Waals surface area contributed by atoms with E-state index >= 15 is 0 Å². The van der Waals surface area contributed by atoms with Crippen LogP contribution in [-0.2, 0) is 9.47 Å². The van der Waals surface area contributed by atoms with Gasteiger partial charge >= 0.3 is 0 Å². The second-order valence-electron chi connectivity index (χ2n) is 15.6. The summed E-state index contributed by atoms with van der Waals surface area (Å²) in [6.07, 6.45) is 26.9. The molecule has 0 saturated carbocycles. The number of thiol groups is 2. The molecule has 0 fully saturated rings. The Bertz CT molecular complexity index is 570. The number of ether oxygens (including phenoxy) is 2. The summed E-state index contributed by atoms with van der Waals surface area (Å²) in [5.41, 5.74) is 0. The van der Waals surface area contributed by atoms with Gasteiger partial charge < -0.3 is 9.47 Å². The molecule has 0 spiro atoms. The topological polar surface area (TPSA) is 18.5 Å². The first-order valence-electron chi connectivity index (χ1n) is 19.6. The third-order valence-corrected chi connectivity index (χ3v) is 10.7. The van der Waals surface area contributed by atoms with Crippen LogP contribution in [-0.4, -0.2) is 37.9 Å². The lowest BCUT2D eigenvalue weighted by Crippen LogP contribution is -2.16. The summed E-state index contributed by atoms with van der Waals surface area (Å²) in [7, 11) is 0. The van der Waals surface area contributed by atoms with Gasteiger partial charge in [-0.15, -0.1) is 0 Å². The van der Waals surface area contributed by atoms with Crippen molar-refractivity contribution < 1.29 is 9.47 Å². The summed E-state index contributed by atoms with van der Waals surface area (Å²) in [4.78, 5) is 0. The van der Waals surface area contributed by atoms with Crippen molar-refractivity contribution in [2.45, 2.75) is 177 Å². The van der Waals surface area contributed by atoms with Gasteiger partial charge in [-0.3, -0.25) is 0 Å². The predicted molar refractivity (Wildman–Crippen MR) is 206 cm³/mol. The molecule has 0 amide bonds. The number of hydrogen-bond acceptors (Lipinski definition) is 4. The molecule has 0 N–H and O–H groups in total. The Morgan fingerprint density at radius 1 is 0.386 bits per heavy atom. The van der Waals surface area contributed by atoms with E-state index in [0.29, 0.717) is 0 Å². The maximum absolute atomic E-state index is 6.03. The zero-order chi connectivity index (χ0) is 32.8. The van der Waals surface area contributed by atoms with Crippen molar-refractivity contribution >= 4 is 25.3 Å². The summed E-state index contributed by atoms with van der Waals surface area (Å²) in [5.74, 6) is 7.76.